The number of nitrogens with zero attached hydrogens (tertiary/aromatic N) is 1. The lowest BCUT2D eigenvalue weighted by molar-refractivity contribution is 1.20. The van der Waals surface area contributed by atoms with E-state index in [0.717, 1.165) is 14.6 Å². The van der Waals surface area contributed by atoms with Crippen LogP contribution in [0.5, 0.6) is 0 Å². The first-order valence-electron chi connectivity index (χ1n) is 2.60. The van der Waals surface area contributed by atoms with E-state index >= 15 is 0 Å². The Kier molecular flexibility index (Phi) is 3.14. The normalized spacial score (nSPS) is 9.90. The largest absolute Gasteiger partial charge is 0.248 e. The van der Waals surface area contributed by atoms with Crippen molar-refractivity contribution in [1.29, 1.82) is 0 Å². The highest BCUT2D eigenvalue weighted by atomic mass is 79.9. The van der Waals surface area contributed by atoms with Crippen molar-refractivity contribution in [2.24, 2.45) is 0 Å². The van der Waals surface area contributed by atoms with Gasteiger partial charge in [-0.25, -0.2) is 4.98 Å². The number of halogens is 3. The molecule has 0 N–H and O–H groups in total. The summed E-state index contributed by atoms with van der Waals surface area (Å²) in [5, 5.41) is 0. The molecule has 4 heteroatoms. The van der Waals surface area contributed by atoms with E-state index in [9.17, 15) is 0 Å². The maximum atomic E-state index is 5.63. The average Bonchev–Trinajstić information content (AvgIpc) is 1.94. The molecule has 0 spiro atoms. The first-order chi connectivity index (χ1) is 4.74. The van der Waals surface area contributed by atoms with E-state index in [1.54, 1.807) is 6.20 Å². The second-order valence-corrected chi connectivity index (χ2v) is 3.67. The van der Waals surface area contributed by atoms with Crippen molar-refractivity contribution in [1.82, 2.24) is 4.98 Å². The lowest BCUT2D eigenvalue weighted by Gasteiger charge is -1.97. The monoisotopic (exact) mass is 283 g/mol. The first kappa shape index (κ1) is 8.50. The van der Waals surface area contributed by atoms with Crippen LogP contribution in [0.25, 0.3) is 0 Å². The van der Waals surface area contributed by atoms with E-state index in [1.807, 2.05) is 6.07 Å². The molecule has 0 bridgehead atoms. The molecule has 1 aromatic heterocycles. The van der Waals surface area contributed by atoms with Gasteiger partial charge in [-0.3, -0.25) is 0 Å². The van der Waals surface area contributed by atoms with Gasteiger partial charge >= 0.3 is 0 Å². The van der Waals surface area contributed by atoms with E-state index in [4.69, 9.17) is 11.6 Å². The zero-order valence-electron chi connectivity index (χ0n) is 4.94. The van der Waals surface area contributed by atoms with Gasteiger partial charge < -0.3 is 0 Å². The molecule has 10 heavy (non-hydrogen) atoms. The topological polar surface area (TPSA) is 12.9 Å². The summed E-state index contributed by atoms with van der Waals surface area (Å²) in [6.07, 6.45) is 1.72. The second kappa shape index (κ2) is 3.69. The zero-order valence-corrected chi connectivity index (χ0v) is 8.87. The molecule has 0 aliphatic carbocycles. The lowest BCUT2D eigenvalue weighted by atomic mass is 10.3. The number of pyridine rings is 1. The van der Waals surface area contributed by atoms with E-state index in [2.05, 4.69) is 36.8 Å². The van der Waals surface area contributed by atoms with Crippen LogP contribution in [0.2, 0.25) is 0 Å². The predicted molar refractivity (Wildman–Crippen MR) is 49.2 cm³/mol. The fourth-order valence-electron chi connectivity index (χ4n) is 0.554. The van der Waals surface area contributed by atoms with Crippen LogP contribution < -0.4 is 0 Å². The Morgan fingerprint density at radius 1 is 1.50 bits per heavy atom. The summed E-state index contributed by atoms with van der Waals surface area (Å²) in [5.41, 5.74) is 1.04. The molecule has 1 nitrogen and oxygen atoms in total. The summed E-state index contributed by atoms with van der Waals surface area (Å²) in [4.78, 5) is 4.00. The number of hydrogen-bond donors (Lipinski definition) is 0. The maximum Gasteiger partial charge on any atom is 0.106 e. The van der Waals surface area contributed by atoms with Gasteiger partial charge in [0.05, 0.1) is 0 Å². The van der Waals surface area contributed by atoms with Crippen LogP contribution in [-0.2, 0) is 5.88 Å². The Balaban J connectivity index is 3.09. The highest BCUT2D eigenvalue weighted by molar-refractivity contribution is 9.11. The minimum atomic E-state index is 0.502. The minimum Gasteiger partial charge on any atom is -0.248 e. The van der Waals surface area contributed by atoms with Crippen LogP contribution in [-0.4, -0.2) is 4.98 Å². The van der Waals surface area contributed by atoms with Crippen molar-refractivity contribution in [3.63, 3.8) is 0 Å². The average molecular weight is 285 g/mol. The van der Waals surface area contributed by atoms with Crippen LogP contribution in [0.15, 0.2) is 21.3 Å². The summed E-state index contributed by atoms with van der Waals surface area (Å²) >= 11 is 12.2. The Bertz CT molecular complexity index is 239. The van der Waals surface area contributed by atoms with Gasteiger partial charge in [-0.1, -0.05) is 0 Å². The third-order valence-electron chi connectivity index (χ3n) is 1.05. The quantitative estimate of drug-likeness (QED) is 0.569. The predicted octanol–water partition coefficient (Wildman–Crippen LogP) is 3.35. The molecule has 1 heterocycles. The van der Waals surface area contributed by atoms with Gasteiger partial charge in [0, 0.05) is 16.5 Å². The zero-order chi connectivity index (χ0) is 7.56. The molecular weight excluding hydrogens is 281 g/mol. The van der Waals surface area contributed by atoms with Crippen LogP contribution >= 0.6 is 43.5 Å². The molecule has 0 radical (unpaired) electrons. The van der Waals surface area contributed by atoms with Gasteiger partial charge in [-0.05, 0) is 43.5 Å². The van der Waals surface area contributed by atoms with Gasteiger partial charge in [0.15, 0.2) is 0 Å². The molecule has 0 unspecified atom stereocenters. The summed E-state index contributed by atoms with van der Waals surface area (Å²) < 4.78 is 1.76. The first-order valence-corrected chi connectivity index (χ1v) is 4.72. The highest BCUT2D eigenvalue weighted by Gasteiger charge is 1.98. The molecule has 0 saturated heterocycles. The Morgan fingerprint density at radius 2 is 2.20 bits per heavy atom. The van der Waals surface area contributed by atoms with Gasteiger partial charge in [0.2, 0.25) is 0 Å². The summed E-state index contributed by atoms with van der Waals surface area (Å²) in [7, 11) is 0. The molecule has 54 valence electrons. The molecule has 0 atom stereocenters. The van der Waals surface area contributed by atoms with Gasteiger partial charge in [0.25, 0.3) is 0 Å². The van der Waals surface area contributed by atoms with Gasteiger partial charge in [-0.15, -0.1) is 11.6 Å². The molecule has 0 amide bonds. The molecule has 1 rings (SSSR count). The van der Waals surface area contributed by atoms with E-state index in [-0.39, 0.29) is 0 Å². The number of rotatable bonds is 1. The summed E-state index contributed by atoms with van der Waals surface area (Å²) in [5.74, 6) is 0.502. The summed E-state index contributed by atoms with van der Waals surface area (Å²) in [6.45, 7) is 0. The molecule has 0 aromatic carbocycles. The number of aromatic nitrogens is 1. The third-order valence-corrected chi connectivity index (χ3v) is 2.48. The Labute approximate surface area is 81.1 Å². The van der Waals surface area contributed by atoms with Crippen LogP contribution in [0, 0.1) is 0 Å². The lowest BCUT2D eigenvalue weighted by Crippen LogP contribution is -1.82. The van der Waals surface area contributed by atoms with Crippen molar-refractivity contribution < 1.29 is 0 Å². The summed E-state index contributed by atoms with van der Waals surface area (Å²) in [6, 6.07) is 1.89. The third kappa shape index (κ3) is 1.94. The molecule has 0 saturated carbocycles. The number of hydrogen-bond acceptors (Lipinski definition) is 1. The van der Waals surface area contributed by atoms with Crippen LogP contribution in [0.3, 0.4) is 0 Å². The van der Waals surface area contributed by atoms with E-state index in [1.165, 1.54) is 0 Å². The SMILES string of the molecule is ClCc1cc(Br)ncc1Br. The molecule has 0 aliphatic heterocycles. The Hall–Kier alpha value is 0.400. The van der Waals surface area contributed by atoms with E-state index in [0.29, 0.717) is 5.88 Å². The molecular formula is C6H4Br2ClN. The standard InChI is InChI=1S/C6H4Br2ClN/c7-5-3-10-6(8)1-4(5)2-9/h1,3H,2H2. The van der Waals surface area contributed by atoms with Crippen molar-refractivity contribution in [3.8, 4) is 0 Å². The van der Waals surface area contributed by atoms with E-state index < -0.39 is 0 Å². The van der Waals surface area contributed by atoms with Crippen LogP contribution in [0.1, 0.15) is 5.56 Å². The van der Waals surface area contributed by atoms with Gasteiger partial charge in [0.1, 0.15) is 4.60 Å². The fraction of sp³-hybridized carbons (Fsp3) is 0.167. The van der Waals surface area contributed by atoms with Crippen molar-refractivity contribution >= 4 is 43.5 Å². The van der Waals surface area contributed by atoms with Crippen LogP contribution in [0.4, 0.5) is 0 Å². The minimum absolute atomic E-state index is 0.502. The fourth-order valence-corrected chi connectivity index (χ4v) is 1.67. The Morgan fingerprint density at radius 3 is 2.70 bits per heavy atom. The maximum absolute atomic E-state index is 5.63. The number of alkyl halides is 1. The second-order valence-electron chi connectivity index (χ2n) is 1.73. The van der Waals surface area contributed by atoms with Crippen molar-refractivity contribution in [3.05, 3.63) is 26.9 Å². The highest BCUT2D eigenvalue weighted by Crippen LogP contribution is 2.20. The molecule has 0 fully saturated rings. The van der Waals surface area contributed by atoms with Crippen molar-refractivity contribution in [2.45, 2.75) is 5.88 Å². The smallest absolute Gasteiger partial charge is 0.106 e. The van der Waals surface area contributed by atoms with Gasteiger partial charge in [-0.2, -0.15) is 0 Å². The van der Waals surface area contributed by atoms with Crippen molar-refractivity contribution in [2.75, 3.05) is 0 Å². The molecule has 0 aliphatic rings. The molecule has 1 aromatic rings.